The number of alkyl halides is 1. The quantitative estimate of drug-likeness (QED) is 0.0286. The summed E-state index contributed by atoms with van der Waals surface area (Å²) in [4.78, 5) is 9.17. The van der Waals surface area contributed by atoms with Gasteiger partial charge < -0.3 is 20.3 Å². The van der Waals surface area contributed by atoms with Gasteiger partial charge in [-0.3, -0.25) is 14.8 Å². The Morgan fingerprint density at radius 3 is 2.67 bits per heavy atom. The molecule has 1 saturated heterocycles. The zero-order valence-corrected chi connectivity index (χ0v) is 26.5. The average molecular weight is 657 g/mol. The summed E-state index contributed by atoms with van der Waals surface area (Å²) in [5.41, 5.74) is 2.49. The van der Waals surface area contributed by atoms with E-state index in [-0.39, 0.29) is 12.9 Å². The first-order chi connectivity index (χ1) is 19.1. The van der Waals surface area contributed by atoms with Crippen LogP contribution in [-0.4, -0.2) is 76.1 Å². The van der Waals surface area contributed by atoms with E-state index in [9.17, 15) is 5.11 Å². The van der Waals surface area contributed by atoms with Crippen molar-refractivity contribution in [1.82, 2.24) is 15.1 Å². The highest BCUT2D eigenvalue weighted by Crippen LogP contribution is 2.26. The monoisotopic (exact) mass is 656 g/mol. The predicted molar refractivity (Wildman–Crippen MR) is 172 cm³/mol. The van der Waals surface area contributed by atoms with E-state index in [1.165, 1.54) is 11.1 Å². The number of halogens is 1. The fraction of sp³-hybridized carbons (Fsp3) is 0.710. The molecule has 2 rings (SSSR count). The van der Waals surface area contributed by atoms with Crippen LogP contribution in [0.2, 0.25) is 0 Å². The third-order valence-electron chi connectivity index (χ3n) is 7.79. The summed E-state index contributed by atoms with van der Waals surface area (Å²) in [6.45, 7) is 12.3. The lowest BCUT2D eigenvalue weighted by atomic mass is 9.89. The van der Waals surface area contributed by atoms with Gasteiger partial charge in [0.2, 0.25) is 0 Å². The number of rotatable bonds is 20. The molecule has 7 nitrogen and oxygen atoms in total. The van der Waals surface area contributed by atoms with Crippen molar-refractivity contribution in [3.8, 4) is 0 Å². The number of allylic oxidation sites excluding steroid dienone is 5. The molecule has 0 spiro atoms. The third kappa shape index (κ3) is 12.9. The Bertz CT molecular complexity index is 793. The molecule has 222 valence electrons. The molecular weight excluding hydrogens is 603 g/mol. The number of aliphatic hydroxyl groups excluding tert-OH is 2. The first kappa shape index (κ1) is 34.0. The van der Waals surface area contributed by atoms with Gasteiger partial charge in [0.05, 0.1) is 17.4 Å². The molecule has 0 aromatic carbocycles. The fourth-order valence-corrected chi connectivity index (χ4v) is 6.02. The SMILES string of the molecule is C=C/C(=C\C=C\OCC1CCN([C@@H]2N=CC(CC)=CN2)CC1)C(CCC)CCCC(O)N(CI)CCCCO. The van der Waals surface area contributed by atoms with Gasteiger partial charge in [-0.15, -0.1) is 0 Å². The maximum absolute atomic E-state index is 10.6. The van der Waals surface area contributed by atoms with Crippen molar-refractivity contribution in [2.24, 2.45) is 16.8 Å². The van der Waals surface area contributed by atoms with Crippen molar-refractivity contribution in [2.45, 2.75) is 90.6 Å². The van der Waals surface area contributed by atoms with E-state index < -0.39 is 6.23 Å². The van der Waals surface area contributed by atoms with Gasteiger partial charge in [0.1, 0.15) is 6.23 Å². The molecular formula is C31H53IN4O3. The number of hydrogen-bond donors (Lipinski definition) is 3. The van der Waals surface area contributed by atoms with Crippen LogP contribution in [0.3, 0.4) is 0 Å². The van der Waals surface area contributed by atoms with Crippen LogP contribution in [0.4, 0.5) is 0 Å². The maximum atomic E-state index is 10.6. The molecule has 0 bridgehead atoms. The summed E-state index contributed by atoms with van der Waals surface area (Å²) in [6.07, 6.45) is 21.7. The lowest BCUT2D eigenvalue weighted by molar-refractivity contribution is 0.00954. The van der Waals surface area contributed by atoms with Crippen LogP contribution in [0.1, 0.15) is 78.1 Å². The molecule has 0 aromatic heterocycles. The normalized spacial score (nSPS) is 20.7. The number of nitrogens with zero attached hydrogens (tertiary/aromatic N) is 3. The maximum Gasteiger partial charge on any atom is 0.175 e. The van der Waals surface area contributed by atoms with E-state index in [1.54, 1.807) is 0 Å². The molecule has 0 aliphatic carbocycles. The van der Waals surface area contributed by atoms with E-state index in [4.69, 9.17) is 9.84 Å². The zero-order valence-electron chi connectivity index (χ0n) is 24.3. The molecule has 8 heteroatoms. The van der Waals surface area contributed by atoms with Crippen LogP contribution in [0.25, 0.3) is 0 Å². The van der Waals surface area contributed by atoms with Crippen molar-refractivity contribution < 1.29 is 14.9 Å². The van der Waals surface area contributed by atoms with Gasteiger partial charge >= 0.3 is 0 Å². The van der Waals surface area contributed by atoms with Gasteiger partial charge in [0, 0.05) is 38.7 Å². The largest absolute Gasteiger partial charge is 0.501 e. The Morgan fingerprint density at radius 1 is 1.26 bits per heavy atom. The summed E-state index contributed by atoms with van der Waals surface area (Å²) in [5.74, 6) is 1.02. The number of aliphatic hydroxyl groups is 2. The second-order valence-corrected chi connectivity index (χ2v) is 11.3. The number of piperidine rings is 1. The Kier molecular flexibility index (Phi) is 18.0. The summed E-state index contributed by atoms with van der Waals surface area (Å²) >= 11 is 2.31. The van der Waals surface area contributed by atoms with Crippen molar-refractivity contribution in [3.05, 3.63) is 48.4 Å². The summed E-state index contributed by atoms with van der Waals surface area (Å²) in [5, 5.41) is 23.1. The third-order valence-corrected chi connectivity index (χ3v) is 8.66. The Balaban J connectivity index is 1.72. The minimum atomic E-state index is -0.420. The van der Waals surface area contributed by atoms with Crippen LogP contribution in [0.5, 0.6) is 0 Å². The number of nitrogens with one attached hydrogen (secondary N) is 1. The highest BCUT2D eigenvalue weighted by molar-refractivity contribution is 14.1. The van der Waals surface area contributed by atoms with Crippen molar-refractivity contribution in [2.75, 3.05) is 37.4 Å². The van der Waals surface area contributed by atoms with E-state index in [2.05, 4.69) is 75.4 Å². The highest BCUT2D eigenvalue weighted by Gasteiger charge is 2.25. The minimum absolute atomic E-state index is 0.0750. The molecule has 39 heavy (non-hydrogen) atoms. The van der Waals surface area contributed by atoms with Crippen LogP contribution in [0, 0.1) is 11.8 Å². The fourth-order valence-electron chi connectivity index (χ4n) is 5.22. The molecule has 2 unspecified atom stereocenters. The van der Waals surface area contributed by atoms with E-state index in [1.807, 2.05) is 24.6 Å². The number of aliphatic imine (C=N–C) groups is 1. The number of hydrogen-bond acceptors (Lipinski definition) is 7. The molecule has 0 radical (unpaired) electrons. The number of likely N-dealkylation sites (tertiary alicyclic amines) is 1. The van der Waals surface area contributed by atoms with Crippen molar-refractivity contribution >= 4 is 28.8 Å². The van der Waals surface area contributed by atoms with E-state index >= 15 is 0 Å². The van der Waals surface area contributed by atoms with Gasteiger partial charge in [-0.2, -0.15) is 0 Å². The smallest absolute Gasteiger partial charge is 0.175 e. The van der Waals surface area contributed by atoms with Gasteiger partial charge in [-0.25, -0.2) is 0 Å². The molecule has 3 N–H and O–H groups in total. The lowest BCUT2D eigenvalue weighted by Crippen LogP contribution is -2.48. The Labute approximate surface area is 251 Å². The van der Waals surface area contributed by atoms with E-state index in [0.717, 1.165) is 95.0 Å². The zero-order chi connectivity index (χ0) is 28.3. The molecule has 2 heterocycles. The molecule has 0 amide bonds. The van der Waals surface area contributed by atoms with Crippen molar-refractivity contribution in [3.63, 3.8) is 0 Å². The highest BCUT2D eigenvalue weighted by atomic mass is 127. The van der Waals surface area contributed by atoms with Crippen LogP contribution in [-0.2, 0) is 4.74 Å². The first-order valence-corrected chi connectivity index (χ1v) is 16.5. The summed E-state index contributed by atoms with van der Waals surface area (Å²) in [6, 6.07) is 0. The first-order valence-electron chi connectivity index (χ1n) is 15.0. The molecule has 1 fully saturated rings. The number of unbranched alkanes of at least 4 members (excludes halogenated alkanes) is 1. The Morgan fingerprint density at radius 2 is 2.05 bits per heavy atom. The average Bonchev–Trinajstić information content (AvgIpc) is 2.97. The second kappa shape index (κ2) is 20.6. The molecule has 0 saturated carbocycles. The van der Waals surface area contributed by atoms with E-state index in [0.29, 0.717) is 11.8 Å². The van der Waals surface area contributed by atoms with Crippen LogP contribution >= 0.6 is 22.6 Å². The van der Waals surface area contributed by atoms with Gasteiger partial charge in [0.25, 0.3) is 0 Å². The molecule has 2 aliphatic heterocycles. The number of ether oxygens (including phenoxy) is 1. The summed E-state index contributed by atoms with van der Waals surface area (Å²) < 4.78 is 6.72. The van der Waals surface area contributed by atoms with Crippen LogP contribution in [0.15, 0.2) is 53.4 Å². The Hall–Kier alpha value is -1.20. The molecule has 2 aliphatic rings. The summed E-state index contributed by atoms with van der Waals surface area (Å²) in [7, 11) is 0. The topological polar surface area (TPSA) is 80.6 Å². The second-order valence-electron chi connectivity index (χ2n) is 10.7. The minimum Gasteiger partial charge on any atom is -0.501 e. The van der Waals surface area contributed by atoms with Gasteiger partial charge in [-0.05, 0) is 86.8 Å². The standard InChI is InChI=1S/C31H53IN4O3/c1-4-11-29(12-9-14-30(38)36(25-32)17-7-8-20-37)28(6-3)13-10-21-39-24-27-15-18-35(19-16-27)31-33-22-26(5-2)23-34-31/h6,10,13,21-23,27,29-31,33,37-38H,3-5,7-9,11-12,14-20,24-25H2,1-2H3/b21-10+,28-13+/t29?,30?,31-/m0/s1. The lowest BCUT2D eigenvalue weighted by Gasteiger charge is -2.36. The molecule has 3 atom stereocenters. The van der Waals surface area contributed by atoms with Crippen LogP contribution < -0.4 is 5.32 Å². The molecule has 0 aromatic rings. The van der Waals surface area contributed by atoms with Crippen molar-refractivity contribution in [1.29, 1.82) is 0 Å². The van der Waals surface area contributed by atoms with Gasteiger partial charge in [-0.1, -0.05) is 61.6 Å². The predicted octanol–water partition coefficient (Wildman–Crippen LogP) is 5.96. The van der Waals surface area contributed by atoms with Gasteiger partial charge in [0.15, 0.2) is 6.29 Å².